The van der Waals surface area contributed by atoms with Gasteiger partial charge in [0.1, 0.15) is 0 Å². The van der Waals surface area contributed by atoms with E-state index in [1.165, 1.54) is 71.0 Å². The summed E-state index contributed by atoms with van der Waals surface area (Å²) in [5, 5.41) is 3.66. The van der Waals surface area contributed by atoms with Crippen LogP contribution in [-0.2, 0) is 11.0 Å². The molecule has 12 rings (SSSR count). The van der Waals surface area contributed by atoms with E-state index in [4.69, 9.17) is 15.0 Å². The van der Waals surface area contributed by atoms with Crippen molar-refractivity contribution in [2.24, 2.45) is 0 Å². The quantitative estimate of drug-likeness (QED) is 0.150. The van der Waals surface area contributed by atoms with E-state index < -0.39 is 0 Å². The van der Waals surface area contributed by atoms with Crippen LogP contribution >= 0.6 is 11.3 Å². The summed E-state index contributed by atoms with van der Waals surface area (Å²) in [7, 11) is 0. The lowest BCUT2D eigenvalue weighted by Crippen LogP contribution is -2.56. The van der Waals surface area contributed by atoms with Gasteiger partial charge in [0.25, 0.3) is 5.01 Å². The van der Waals surface area contributed by atoms with E-state index in [0.29, 0.717) is 17.6 Å². The van der Waals surface area contributed by atoms with Crippen molar-refractivity contribution in [3.63, 3.8) is 0 Å². The van der Waals surface area contributed by atoms with Crippen LogP contribution < -0.4 is 4.57 Å². The monoisotopic (exact) mass is 872 g/mol. The smallest absolute Gasteiger partial charge is 0.270 e. The molecule has 7 aromatic carbocycles. The van der Waals surface area contributed by atoms with Crippen molar-refractivity contribution in [2.75, 3.05) is 0 Å². The number of aryl methyl sites for hydroxylation is 1. The van der Waals surface area contributed by atoms with E-state index in [0.717, 1.165) is 46.0 Å². The fourth-order valence-electron chi connectivity index (χ4n) is 10.9. The molecule has 66 heavy (non-hydrogen) atoms. The Morgan fingerprint density at radius 1 is 0.530 bits per heavy atom. The molecule has 0 fully saturated rings. The maximum absolute atomic E-state index is 5.28. The molecule has 4 heterocycles. The minimum absolute atomic E-state index is 0.0391. The largest absolute Gasteiger partial charge is 0.278 e. The van der Waals surface area contributed by atoms with Crippen molar-refractivity contribution >= 4 is 39.2 Å². The summed E-state index contributed by atoms with van der Waals surface area (Å²) in [6, 6.07) is 57.2. The number of allylic oxidation sites excluding steroid dienone is 1. The number of thiazole rings is 1. The minimum atomic E-state index is -0.181. The average molecular weight is 873 g/mol. The van der Waals surface area contributed by atoms with Gasteiger partial charge in [-0.25, -0.2) is 4.98 Å². The molecule has 0 radical (unpaired) electrons. The Balaban J connectivity index is 1.05. The van der Waals surface area contributed by atoms with Gasteiger partial charge < -0.3 is 0 Å². The lowest BCUT2D eigenvalue weighted by atomic mass is 9.82. The fourth-order valence-corrected chi connectivity index (χ4v) is 12.1. The summed E-state index contributed by atoms with van der Waals surface area (Å²) in [4.78, 5) is 17.0. The van der Waals surface area contributed by atoms with Crippen LogP contribution in [0.3, 0.4) is 0 Å². The van der Waals surface area contributed by atoms with E-state index in [-0.39, 0.29) is 11.0 Å². The van der Waals surface area contributed by atoms with Gasteiger partial charge in [0, 0.05) is 47.1 Å². The number of benzene rings is 7. The first kappa shape index (κ1) is 40.2. The standard InChI is InChI=1S/C60H50N5S/c1-7-60(8-2)31-30-39-26-27-44(33-47(39)57-65(60)37(3)38(4)66-57)42-22-17-23-43(32-42)45-28-29-53-49(34-45)50-35-48-46-24-15-16-25-51(46)59(5,6)52(48)36-54(50)64(53)58-62-55(40-18-11-9-12-19-40)61-56(63-58)41-20-13-10-14-21-41/h9-36H,7-8H2,1-6H3/q+1. The van der Waals surface area contributed by atoms with E-state index in [2.05, 4.69) is 184 Å². The molecular weight excluding hydrogens is 823 g/mol. The summed E-state index contributed by atoms with van der Waals surface area (Å²) >= 11 is 1.92. The summed E-state index contributed by atoms with van der Waals surface area (Å²) < 4.78 is 4.89. The Labute approximate surface area is 390 Å². The van der Waals surface area contributed by atoms with Crippen LogP contribution in [0.15, 0.2) is 164 Å². The van der Waals surface area contributed by atoms with Gasteiger partial charge in [-0.3, -0.25) is 4.57 Å². The van der Waals surface area contributed by atoms with E-state index in [1.54, 1.807) is 0 Å². The molecule has 1 aliphatic heterocycles. The van der Waals surface area contributed by atoms with Gasteiger partial charge in [-0.2, -0.15) is 14.5 Å². The highest BCUT2D eigenvalue weighted by Gasteiger charge is 2.42. The maximum atomic E-state index is 5.28. The van der Waals surface area contributed by atoms with Gasteiger partial charge >= 0.3 is 0 Å². The molecule has 0 saturated heterocycles. The molecule has 2 aliphatic rings. The fraction of sp³-hybridized carbons (Fsp3) is 0.167. The molecule has 0 saturated carbocycles. The Morgan fingerprint density at radius 2 is 1.14 bits per heavy atom. The second-order valence-electron chi connectivity index (χ2n) is 18.6. The van der Waals surface area contributed by atoms with Gasteiger partial charge in [-0.1, -0.05) is 166 Å². The zero-order chi connectivity index (χ0) is 44.9. The average Bonchev–Trinajstić information content (AvgIpc) is 3.90. The molecule has 0 N–H and O–H groups in total. The van der Waals surface area contributed by atoms with Gasteiger partial charge in [-0.15, -0.1) is 0 Å². The molecule has 320 valence electrons. The summed E-state index contributed by atoms with van der Waals surface area (Å²) in [6.07, 6.45) is 6.91. The Kier molecular flexibility index (Phi) is 9.24. The predicted octanol–water partition coefficient (Wildman–Crippen LogP) is 15.1. The van der Waals surface area contributed by atoms with E-state index >= 15 is 0 Å². The van der Waals surface area contributed by atoms with Crippen LogP contribution in [0, 0.1) is 13.8 Å². The minimum Gasteiger partial charge on any atom is -0.278 e. The van der Waals surface area contributed by atoms with Crippen molar-refractivity contribution in [2.45, 2.75) is 65.3 Å². The molecule has 0 unspecified atom stereocenters. The Hall–Kier alpha value is -7.28. The Bertz CT molecular complexity index is 3550. The van der Waals surface area contributed by atoms with Crippen LogP contribution in [-0.4, -0.2) is 19.5 Å². The normalized spacial score (nSPS) is 14.2. The number of hydrogen-bond donors (Lipinski definition) is 0. The summed E-state index contributed by atoms with van der Waals surface area (Å²) in [5.74, 6) is 1.87. The van der Waals surface area contributed by atoms with Gasteiger partial charge in [0.2, 0.25) is 5.95 Å². The van der Waals surface area contributed by atoms with Crippen molar-refractivity contribution in [1.29, 1.82) is 0 Å². The lowest BCUT2D eigenvalue weighted by molar-refractivity contribution is -0.745. The molecule has 5 nitrogen and oxygen atoms in total. The van der Waals surface area contributed by atoms with Crippen LogP contribution in [0.4, 0.5) is 0 Å². The molecule has 10 aromatic rings. The molecule has 0 spiro atoms. The number of rotatable bonds is 7. The van der Waals surface area contributed by atoms with Gasteiger partial charge in [0.15, 0.2) is 22.9 Å². The molecule has 0 atom stereocenters. The van der Waals surface area contributed by atoms with Crippen molar-refractivity contribution < 1.29 is 4.57 Å². The van der Waals surface area contributed by atoms with Crippen molar-refractivity contribution in [3.05, 3.63) is 191 Å². The highest BCUT2D eigenvalue weighted by Crippen LogP contribution is 2.51. The second-order valence-corrected chi connectivity index (χ2v) is 19.8. The van der Waals surface area contributed by atoms with Crippen LogP contribution in [0.25, 0.3) is 101 Å². The predicted molar refractivity (Wildman–Crippen MR) is 274 cm³/mol. The summed E-state index contributed by atoms with van der Waals surface area (Å²) in [6.45, 7) is 13.9. The molecule has 3 aromatic heterocycles. The van der Waals surface area contributed by atoms with E-state index in [1.807, 2.05) is 47.7 Å². The topological polar surface area (TPSA) is 47.5 Å². The van der Waals surface area contributed by atoms with Crippen LogP contribution in [0.5, 0.6) is 0 Å². The Morgan fingerprint density at radius 3 is 1.83 bits per heavy atom. The SMILES string of the molecule is CCC1(CC)C=Cc2ccc(-c3cccc(-c4ccc5c(c4)c4cc6c(cc4n5-c4nc(-c5ccccc5)nc(-c5ccccc5)n4)C(C)(C)c4ccccc4-6)c3)cc2-c2sc(C)c(C)[n+]21. The molecule has 1 aliphatic carbocycles. The molecular formula is C60H50N5S+. The first-order valence-corrected chi connectivity index (χ1v) is 24.0. The molecule has 6 heteroatoms. The third-order valence-corrected chi connectivity index (χ3v) is 15.9. The van der Waals surface area contributed by atoms with Gasteiger partial charge in [-0.05, 0) is 99.5 Å². The number of nitrogens with zero attached hydrogens (tertiary/aromatic N) is 5. The molecule has 0 amide bonds. The number of hydrogen-bond acceptors (Lipinski definition) is 4. The van der Waals surface area contributed by atoms with Crippen molar-refractivity contribution in [3.8, 4) is 72.7 Å². The maximum Gasteiger partial charge on any atom is 0.270 e. The highest BCUT2D eigenvalue weighted by atomic mass is 32.1. The number of fused-ring (bicyclic) bond motifs is 9. The third kappa shape index (κ3) is 6.11. The van der Waals surface area contributed by atoms with E-state index in [9.17, 15) is 0 Å². The summed E-state index contributed by atoms with van der Waals surface area (Å²) in [5.41, 5.74) is 17.7. The first-order chi connectivity index (χ1) is 32.2. The van der Waals surface area contributed by atoms with Crippen molar-refractivity contribution in [1.82, 2.24) is 19.5 Å². The second kappa shape index (κ2) is 15.1. The van der Waals surface area contributed by atoms with Crippen LogP contribution in [0.1, 0.15) is 67.8 Å². The third-order valence-electron chi connectivity index (χ3n) is 14.7. The van der Waals surface area contributed by atoms with Crippen LogP contribution in [0.2, 0.25) is 0 Å². The zero-order valence-electron chi connectivity index (χ0n) is 38.2. The zero-order valence-corrected chi connectivity index (χ0v) is 39.0. The molecule has 0 bridgehead atoms. The van der Waals surface area contributed by atoms with Gasteiger partial charge in [0.05, 0.1) is 21.5 Å². The lowest BCUT2D eigenvalue weighted by Gasteiger charge is -2.22. The first-order valence-electron chi connectivity index (χ1n) is 23.2. The highest BCUT2D eigenvalue weighted by molar-refractivity contribution is 7.14. The number of aromatic nitrogens is 5.